The molecule has 0 spiro atoms. The van der Waals surface area contributed by atoms with Crippen molar-refractivity contribution in [3.63, 3.8) is 0 Å². The van der Waals surface area contributed by atoms with E-state index in [2.05, 4.69) is 4.98 Å². The standard InChI is InChI=1S/C19H19N3O3S/c23-12-15-3-1-2-13(9-15)8-14-4-5-21(11-14)17(24)16-10-20-19-22(18(16)25)6-7-26-19/h1-3,6-7,9-10,14,23H,4-5,8,11-12H2/t14-/m0/s1. The number of aromatic nitrogens is 2. The third kappa shape index (κ3) is 3.15. The lowest BCUT2D eigenvalue weighted by Gasteiger charge is -2.16. The van der Waals surface area contributed by atoms with Gasteiger partial charge in [0, 0.05) is 30.9 Å². The Labute approximate surface area is 154 Å². The van der Waals surface area contributed by atoms with Crippen molar-refractivity contribution in [1.29, 1.82) is 0 Å². The minimum atomic E-state index is -0.305. The number of thiazole rings is 1. The SMILES string of the molecule is O=C(c1cnc2sccn2c1=O)N1CC[C@@H](Cc2cccc(CO)c2)C1. The van der Waals surface area contributed by atoms with Gasteiger partial charge in [0.25, 0.3) is 11.5 Å². The van der Waals surface area contributed by atoms with E-state index in [4.69, 9.17) is 0 Å². The molecule has 0 bridgehead atoms. The van der Waals surface area contributed by atoms with Crippen molar-refractivity contribution in [2.75, 3.05) is 13.1 Å². The largest absolute Gasteiger partial charge is 0.392 e. The summed E-state index contributed by atoms with van der Waals surface area (Å²) in [4.78, 5) is 31.8. The highest BCUT2D eigenvalue weighted by Gasteiger charge is 2.29. The van der Waals surface area contributed by atoms with Crippen LogP contribution in [-0.2, 0) is 13.0 Å². The molecule has 1 saturated heterocycles. The van der Waals surface area contributed by atoms with Crippen LogP contribution >= 0.6 is 11.3 Å². The van der Waals surface area contributed by atoms with Crippen molar-refractivity contribution in [1.82, 2.24) is 14.3 Å². The quantitative estimate of drug-likeness (QED) is 0.763. The van der Waals surface area contributed by atoms with Crippen LogP contribution in [0.5, 0.6) is 0 Å². The van der Waals surface area contributed by atoms with Crippen molar-refractivity contribution < 1.29 is 9.90 Å². The third-order valence-corrected chi connectivity index (χ3v) is 5.62. The molecule has 0 radical (unpaired) electrons. The smallest absolute Gasteiger partial charge is 0.271 e. The highest BCUT2D eigenvalue weighted by Crippen LogP contribution is 2.22. The Bertz CT molecular complexity index is 1010. The molecule has 1 amide bonds. The molecular weight excluding hydrogens is 350 g/mol. The van der Waals surface area contributed by atoms with E-state index in [0.29, 0.717) is 24.0 Å². The van der Waals surface area contributed by atoms with Gasteiger partial charge in [-0.15, -0.1) is 11.3 Å². The Morgan fingerprint density at radius 2 is 2.19 bits per heavy atom. The van der Waals surface area contributed by atoms with Crippen molar-refractivity contribution in [3.05, 3.63) is 69.1 Å². The van der Waals surface area contributed by atoms with E-state index in [1.165, 1.54) is 21.9 Å². The number of fused-ring (bicyclic) bond motifs is 1. The number of aliphatic hydroxyl groups is 1. The van der Waals surface area contributed by atoms with Gasteiger partial charge in [-0.1, -0.05) is 24.3 Å². The fourth-order valence-electron chi connectivity index (χ4n) is 3.51. The number of benzene rings is 1. The predicted octanol–water partition coefficient (Wildman–Crippen LogP) is 1.95. The molecule has 134 valence electrons. The van der Waals surface area contributed by atoms with Crippen LogP contribution in [0.4, 0.5) is 0 Å². The fraction of sp³-hybridized carbons (Fsp3) is 0.316. The third-order valence-electron chi connectivity index (χ3n) is 4.84. The maximum Gasteiger partial charge on any atom is 0.271 e. The van der Waals surface area contributed by atoms with E-state index in [9.17, 15) is 14.7 Å². The van der Waals surface area contributed by atoms with Crippen molar-refractivity contribution >= 4 is 22.2 Å². The number of carbonyl (C=O) groups excluding carboxylic acids is 1. The molecule has 1 atom stereocenters. The van der Waals surface area contributed by atoms with Crippen LogP contribution in [0.1, 0.15) is 27.9 Å². The van der Waals surface area contributed by atoms with Crippen LogP contribution in [-0.4, -0.2) is 38.4 Å². The molecule has 7 heteroatoms. The summed E-state index contributed by atoms with van der Waals surface area (Å²) < 4.78 is 1.42. The van der Waals surface area contributed by atoms with E-state index in [1.807, 2.05) is 24.3 Å². The van der Waals surface area contributed by atoms with Gasteiger partial charge in [0.15, 0.2) is 4.96 Å². The van der Waals surface area contributed by atoms with Gasteiger partial charge in [-0.2, -0.15) is 0 Å². The van der Waals surface area contributed by atoms with Crippen molar-refractivity contribution in [2.24, 2.45) is 5.92 Å². The highest BCUT2D eigenvalue weighted by molar-refractivity contribution is 7.15. The van der Waals surface area contributed by atoms with Gasteiger partial charge in [0.05, 0.1) is 6.61 Å². The van der Waals surface area contributed by atoms with Gasteiger partial charge < -0.3 is 10.0 Å². The Morgan fingerprint density at radius 1 is 1.35 bits per heavy atom. The lowest BCUT2D eigenvalue weighted by atomic mass is 9.97. The number of likely N-dealkylation sites (tertiary alicyclic amines) is 1. The number of hydrogen-bond donors (Lipinski definition) is 1. The first kappa shape index (κ1) is 16.9. The lowest BCUT2D eigenvalue weighted by Crippen LogP contribution is -2.34. The van der Waals surface area contributed by atoms with Gasteiger partial charge in [-0.05, 0) is 29.9 Å². The van der Waals surface area contributed by atoms with Crippen LogP contribution in [0.2, 0.25) is 0 Å². The molecule has 1 N–H and O–H groups in total. The Balaban J connectivity index is 1.48. The van der Waals surface area contributed by atoms with Gasteiger partial charge in [-0.25, -0.2) is 4.98 Å². The lowest BCUT2D eigenvalue weighted by molar-refractivity contribution is 0.0784. The molecule has 0 saturated carbocycles. The molecule has 0 aliphatic carbocycles. The zero-order valence-electron chi connectivity index (χ0n) is 14.2. The summed E-state index contributed by atoms with van der Waals surface area (Å²) in [7, 11) is 0. The number of carbonyl (C=O) groups is 1. The summed E-state index contributed by atoms with van der Waals surface area (Å²) >= 11 is 1.37. The van der Waals surface area contributed by atoms with E-state index in [1.54, 1.807) is 16.5 Å². The van der Waals surface area contributed by atoms with Gasteiger partial charge >= 0.3 is 0 Å². The molecule has 0 unspecified atom stereocenters. The molecule has 1 aliphatic heterocycles. The Morgan fingerprint density at radius 3 is 3.04 bits per heavy atom. The second-order valence-electron chi connectivity index (χ2n) is 6.62. The van der Waals surface area contributed by atoms with E-state index in [0.717, 1.165) is 24.0 Å². The molecular formula is C19H19N3O3S. The topological polar surface area (TPSA) is 74.9 Å². The van der Waals surface area contributed by atoms with Crippen molar-refractivity contribution in [3.8, 4) is 0 Å². The molecule has 1 aliphatic rings. The average Bonchev–Trinajstić information content (AvgIpc) is 3.31. The van der Waals surface area contributed by atoms with Crippen LogP contribution in [0.15, 0.2) is 46.8 Å². The number of hydrogen-bond acceptors (Lipinski definition) is 5. The van der Waals surface area contributed by atoms with Crippen LogP contribution in [0.25, 0.3) is 4.96 Å². The minimum absolute atomic E-state index is 0.0329. The van der Waals surface area contributed by atoms with Gasteiger partial charge in [0.2, 0.25) is 0 Å². The van der Waals surface area contributed by atoms with E-state index >= 15 is 0 Å². The summed E-state index contributed by atoms with van der Waals surface area (Å²) in [6.07, 6.45) is 4.81. The maximum absolute atomic E-state index is 12.8. The minimum Gasteiger partial charge on any atom is -0.392 e. The zero-order chi connectivity index (χ0) is 18.1. The summed E-state index contributed by atoms with van der Waals surface area (Å²) in [5.41, 5.74) is 1.89. The van der Waals surface area contributed by atoms with Crippen LogP contribution < -0.4 is 5.56 Å². The molecule has 2 aromatic heterocycles. The van der Waals surface area contributed by atoms with E-state index in [-0.39, 0.29) is 23.6 Å². The fourth-order valence-corrected chi connectivity index (χ4v) is 4.19. The second-order valence-corrected chi connectivity index (χ2v) is 7.49. The Hall–Kier alpha value is -2.51. The summed E-state index contributed by atoms with van der Waals surface area (Å²) in [5, 5.41) is 11.0. The number of rotatable bonds is 4. The first-order valence-electron chi connectivity index (χ1n) is 8.58. The van der Waals surface area contributed by atoms with Crippen LogP contribution in [0.3, 0.4) is 0 Å². The predicted molar refractivity (Wildman–Crippen MR) is 99.4 cm³/mol. The molecule has 4 rings (SSSR count). The monoisotopic (exact) mass is 369 g/mol. The number of amides is 1. The second kappa shape index (κ2) is 7.01. The first-order chi connectivity index (χ1) is 12.7. The summed E-state index contributed by atoms with van der Waals surface area (Å²) in [6, 6.07) is 7.90. The van der Waals surface area contributed by atoms with Gasteiger partial charge in [0.1, 0.15) is 5.56 Å². The summed E-state index contributed by atoms with van der Waals surface area (Å²) in [5.74, 6) is 0.114. The molecule has 6 nitrogen and oxygen atoms in total. The van der Waals surface area contributed by atoms with E-state index < -0.39 is 0 Å². The molecule has 3 aromatic rings. The molecule has 1 aromatic carbocycles. The number of nitrogens with zero attached hydrogens (tertiary/aromatic N) is 3. The normalized spacial score (nSPS) is 17.1. The number of aliphatic hydroxyl groups excluding tert-OH is 1. The van der Waals surface area contributed by atoms with Gasteiger partial charge in [-0.3, -0.25) is 14.0 Å². The Kier molecular flexibility index (Phi) is 4.57. The highest BCUT2D eigenvalue weighted by atomic mass is 32.1. The molecule has 1 fully saturated rings. The first-order valence-corrected chi connectivity index (χ1v) is 9.46. The molecule has 26 heavy (non-hydrogen) atoms. The summed E-state index contributed by atoms with van der Waals surface area (Å²) in [6.45, 7) is 1.31. The molecule has 3 heterocycles. The van der Waals surface area contributed by atoms with Crippen LogP contribution in [0, 0.1) is 5.92 Å². The zero-order valence-corrected chi connectivity index (χ0v) is 15.0. The van der Waals surface area contributed by atoms with Crippen molar-refractivity contribution in [2.45, 2.75) is 19.4 Å². The average molecular weight is 369 g/mol. The maximum atomic E-state index is 12.8.